The van der Waals surface area contributed by atoms with Gasteiger partial charge in [-0.2, -0.15) is 0 Å². The quantitative estimate of drug-likeness (QED) is 0.698. The lowest BCUT2D eigenvalue weighted by Crippen LogP contribution is -2.60. The summed E-state index contributed by atoms with van der Waals surface area (Å²) in [7, 11) is 1.83. The van der Waals surface area contributed by atoms with Crippen LogP contribution < -0.4 is 5.73 Å². The van der Waals surface area contributed by atoms with Gasteiger partial charge in [0.15, 0.2) is 0 Å². The Kier molecular flexibility index (Phi) is 3.18. The number of methoxy groups -OCH3 is 1. The van der Waals surface area contributed by atoms with Crippen LogP contribution in [0.25, 0.3) is 0 Å². The molecule has 0 aromatic rings. The summed E-state index contributed by atoms with van der Waals surface area (Å²) >= 11 is 0. The first-order chi connectivity index (χ1) is 8.30. The Morgan fingerprint density at radius 2 is 1.88 bits per heavy atom. The van der Waals surface area contributed by atoms with Gasteiger partial charge in [-0.05, 0) is 50.4 Å². The average molecular weight is 238 g/mol. The second kappa shape index (κ2) is 4.52. The van der Waals surface area contributed by atoms with Crippen LogP contribution in [0.3, 0.4) is 0 Å². The highest BCUT2D eigenvalue weighted by atomic mass is 16.5. The number of hydrogen-bond donors (Lipinski definition) is 1. The van der Waals surface area contributed by atoms with Gasteiger partial charge in [0.2, 0.25) is 0 Å². The highest BCUT2D eigenvalue weighted by molar-refractivity contribution is 5.08. The average Bonchev–Trinajstić information content (AvgIpc) is 3.17. The molecule has 0 saturated heterocycles. The van der Waals surface area contributed by atoms with Crippen LogP contribution in [-0.2, 0) is 4.74 Å². The van der Waals surface area contributed by atoms with Gasteiger partial charge in [-0.1, -0.05) is 0 Å². The van der Waals surface area contributed by atoms with E-state index in [1.807, 2.05) is 7.11 Å². The second-order valence-corrected chi connectivity index (χ2v) is 6.34. The molecule has 0 radical (unpaired) electrons. The molecule has 3 aliphatic rings. The summed E-state index contributed by atoms with van der Waals surface area (Å²) in [6.07, 6.45) is 8.34. The standard InChI is InChI=1S/C14H26N2O/c1-17-10-14(9-15,12-4-5-12)16(13-6-7-13)8-11-2-3-11/h11-13H,2-10,15H2,1H3. The van der Waals surface area contributed by atoms with Crippen LogP contribution in [0, 0.1) is 11.8 Å². The van der Waals surface area contributed by atoms with Crippen molar-refractivity contribution in [2.24, 2.45) is 17.6 Å². The first-order valence-corrected chi connectivity index (χ1v) is 7.26. The molecule has 0 amide bonds. The third kappa shape index (κ3) is 2.38. The van der Waals surface area contributed by atoms with Crippen molar-refractivity contribution in [1.82, 2.24) is 4.90 Å². The van der Waals surface area contributed by atoms with Crippen molar-refractivity contribution in [3.05, 3.63) is 0 Å². The van der Waals surface area contributed by atoms with E-state index in [0.29, 0.717) is 0 Å². The molecule has 0 aromatic carbocycles. The molecule has 0 heterocycles. The Labute approximate surface area is 105 Å². The van der Waals surface area contributed by atoms with E-state index in [-0.39, 0.29) is 5.54 Å². The van der Waals surface area contributed by atoms with Gasteiger partial charge in [-0.3, -0.25) is 4.90 Å². The van der Waals surface area contributed by atoms with Crippen molar-refractivity contribution in [3.63, 3.8) is 0 Å². The van der Waals surface area contributed by atoms with E-state index in [2.05, 4.69) is 4.90 Å². The van der Waals surface area contributed by atoms with Crippen LogP contribution >= 0.6 is 0 Å². The fourth-order valence-electron chi connectivity index (χ4n) is 3.31. The minimum absolute atomic E-state index is 0.165. The number of ether oxygens (including phenoxy) is 1. The van der Waals surface area contributed by atoms with Crippen LogP contribution in [-0.4, -0.2) is 43.3 Å². The number of rotatable bonds is 8. The number of hydrogen-bond acceptors (Lipinski definition) is 3. The van der Waals surface area contributed by atoms with Crippen molar-refractivity contribution < 1.29 is 4.74 Å². The van der Waals surface area contributed by atoms with Crippen LogP contribution in [0.1, 0.15) is 38.5 Å². The molecular formula is C14H26N2O. The van der Waals surface area contributed by atoms with Crippen molar-refractivity contribution in [2.75, 3.05) is 26.8 Å². The SMILES string of the molecule is COCC(CN)(C1CC1)N(CC1CC1)C1CC1. The lowest BCUT2D eigenvalue weighted by Gasteiger charge is -2.44. The Bertz CT molecular complexity index is 271. The minimum atomic E-state index is 0.165. The van der Waals surface area contributed by atoms with Gasteiger partial charge in [0.05, 0.1) is 12.1 Å². The number of nitrogens with two attached hydrogens (primary N) is 1. The largest absolute Gasteiger partial charge is 0.383 e. The predicted molar refractivity (Wildman–Crippen MR) is 68.8 cm³/mol. The van der Waals surface area contributed by atoms with E-state index in [9.17, 15) is 0 Å². The molecule has 3 rings (SSSR count). The fourth-order valence-corrected chi connectivity index (χ4v) is 3.31. The zero-order chi connectivity index (χ0) is 11.9. The van der Waals surface area contributed by atoms with Gasteiger partial charge in [0, 0.05) is 26.2 Å². The van der Waals surface area contributed by atoms with Gasteiger partial charge in [0.1, 0.15) is 0 Å². The van der Waals surface area contributed by atoms with Crippen molar-refractivity contribution in [2.45, 2.75) is 50.1 Å². The highest BCUT2D eigenvalue weighted by Gasteiger charge is 2.53. The summed E-state index contributed by atoms with van der Waals surface area (Å²) in [5.41, 5.74) is 6.34. The molecule has 0 bridgehead atoms. The van der Waals surface area contributed by atoms with E-state index in [4.69, 9.17) is 10.5 Å². The highest BCUT2D eigenvalue weighted by Crippen LogP contribution is 2.48. The summed E-state index contributed by atoms with van der Waals surface area (Å²) in [5.74, 6) is 1.75. The van der Waals surface area contributed by atoms with Gasteiger partial charge >= 0.3 is 0 Å². The Morgan fingerprint density at radius 1 is 1.18 bits per heavy atom. The lowest BCUT2D eigenvalue weighted by molar-refractivity contribution is -0.00922. The summed E-state index contributed by atoms with van der Waals surface area (Å²) in [4.78, 5) is 2.76. The Hall–Kier alpha value is -0.120. The summed E-state index contributed by atoms with van der Waals surface area (Å²) in [5, 5.41) is 0. The maximum Gasteiger partial charge on any atom is 0.0661 e. The molecule has 3 fully saturated rings. The molecule has 1 unspecified atom stereocenters. The molecule has 1 atom stereocenters. The summed E-state index contributed by atoms with van der Waals surface area (Å²) in [6, 6.07) is 0.815. The Morgan fingerprint density at radius 3 is 2.29 bits per heavy atom. The van der Waals surface area contributed by atoms with Crippen molar-refractivity contribution in [3.8, 4) is 0 Å². The first-order valence-electron chi connectivity index (χ1n) is 7.26. The molecule has 3 heteroatoms. The molecular weight excluding hydrogens is 212 g/mol. The predicted octanol–water partition coefficient (Wildman–Crippen LogP) is 1.61. The summed E-state index contributed by atoms with van der Waals surface area (Å²) < 4.78 is 5.54. The van der Waals surface area contributed by atoms with Gasteiger partial charge in [-0.15, -0.1) is 0 Å². The first kappa shape index (κ1) is 11.9. The zero-order valence-electron chi connectivity index (χ0n) is 11.0. The molecule has 17 heavy (non-hydrogen) atoms. The van der Waals surface area contributed by atoms with Crippen LogP contribution in [0.4, 0.5) is 0 Å². The summed E-state index contributed by atoms with van der Waals surface area (Å²) in [6.45, 7) is 2.88. The molecule has 3 nitrogen and oxygen atoms in total. The normalized spacial score (nSPS) is 28.4. The fraction of sp³-hybridized carbons (Fsp3) is 1.00. The van der Waals surface area contributed by atoms with E-state index in [1.165, 1.54) is 45.1 Å². The number of nitrogens with zero attached hydrogens (tertiary/aromatic N) is 1. The lowest BCUT2D eigenvalue weighted by atomic mass is 9.91. The van der Waals surface area contributed by atoms with Gasteiger partial charge in [0.25, 0.3) is 0 Å². The van der Waals surface area contributed by atoms with E-state index in [1.54, 1.807) is 0 Å². The zero-order valence-corrected chi connectivity index (χ0v) is 11.0. The van der Waals surface area contributed by atoms with Crippen molar-refractivity contribution in [1.29, 1.82) is 0 Å². The third-order valence-electron chi connectivity index (χ3n) is 4.80. The van der Waals surface area contributed by atoms with Gasteiger partial charge in [-0.25, -0.2) is 0 Å². The molecule has 2 N–H and O–H groups in total. The molecule has 0 aliphatic heterocycles. The maximum absolute atomic E-state index is 6.18. The smallest absolute Gasteiger partial charge is 0.0661 e. The van der Waals surface area contributed by atoms with Crippen LogP contribution in [0.5, 0.6) is 0 Å². The van der Waals surface area contributed by atoms with Crippen LogP contribution in [0.15, 0.2) is 0 Å². The third-order valence-corrected chi connectivity index (χ3v) is 4.80. The topological polar surface area (TPSA) is 38.5 Å². The second-order valence-electron chi connectivity index (χ2n) is 6.34. The van der Waals surface area contributed by atoms with E-state index in [0.717, 1.165) is 31.0 Å². The van der Waals surface area contributed by atoms with Crippen LogP contribution in [0.2, 0.25) is 0 Å². The van der Waals surface area contributed by atoms with E-state index < -0.39 is 0 Å². The molecule has 0 aromatic heterocycles. The molecule has 98 valence electrons. The van der Waals surface area contributed by atoms with Crippen molar-refractivity contribution >= 4 is 0 Å². The maximum atomic E-state index is 6.18. The minimum Gasteiger partial charge on any atom is -0.383 e. The molecule has 3 aliphatic carbocycles. The Balaban J connectivity index is 1.76. The van der Waals surface area contributed by atoms with E-state index >= 15 is 0 Å². The molecule has 0 spiro atoms. The van der Waals surface area contributed by atoms with Gasteiger partial charge < -0.3 is 10.5 Å². The monoisotopic (exact) mass is 238 g/mol. The molecule has 3 saturated carbocycles.